The van der Waals surface area contributed by atoms with Crippen LogP contribution in [-0.4, -0.2) is 53.6 Å². The monoisotopic (exact) mass is 334 g/mol. The van der Waals surface area contributed by atoms with Crippen molar-refractivity contribution in [2.24, 2.45) is 0 Å². The maximum Gasteiger partial charge on any atom is 0.339 e. The summed E-state index contributed by atoms with van der Waals surface area (Å²) in [6.07, 6.45) is 0.684. The lowest BCUT2D eigenvalue weighted by molar-refractivity contribution is 0.0600. The van der Waals surface area contributed by atoms with Crippen molar-refractivity contribution < 1.29 is 17.9 Å². The molecule has 21 heavy (non-hydrogen) atoms. The summed E-state index contributed by atoms with van der Waals surface area (Å²) in [5.74, 6) is -0.676. The number of hydrogen-bond acceptors (Lipinski definition) is 5. The minimum absolute atomic E-state index is 0.0165. The highest BCUT2D eigenvalue weighted by Crippen LogP contribution is 2.21. The van der Waals surface area contributed by atoms with Crippen LogP contribution in [0.15, 0.2) is 23.1 Å². The minimum Gasteiger partial charge on any atom is -0.465 e. The number of esters is 1. The van der Waals surface area contributed by atoms with Gasteiger partial charge in [-0.1, -0.05) is 11.6 Å². The van der Waals surface area contributed by atoms with Crippen molar-refractivity contribution in [2.45, 2.75) is 11.3 Å². The molecular weight excluding hydrogens is 316 g/mol. The lowest BCUT2D eigenvalue weighted by Crippen LogP contribution is -2.27. The van der Waals surface area contributed by atoms with Gasteiger partial charge in [-0.25, -0.2) is 17.9 Å². The Bertz CT molecular complexity index is 602. The molecule has 0 unspecified atom stereocenters. The van der Waals surface area contributed by atoms with Gasteiger partial charge in [0, 0.05) is 6.54 Å². The second-order valence-corrected chi connectivity index (χ2v) is 6.86. The van der Waals surface area contributed by atoms with Crippen molar-refractivity contribution in [3.8, 4) is 0 Å². The number of carbonyl (C=O) groups is 1. The van der Waals surface area contributed by atoms with Gasteiger partial charge in [-0.3, -0.25) is 0 Å². The van der Waals surface area contributed by atoms with Gasteiger partial charge in [-0.2, -0.15) is 0 Å². The maximum absolute atomic E-state index is 12.1. The fourth-order valence-corrected chi connectivity index (χ4v) is 2.92. The van der Waals surface area contributed by atoms with Crippen molar-refractivity contribution in [1.29, 1.82) is 0 Å². The Morgan fingerprint density at radius 3 is 2.62 bits per heavy atom. The molecule has 0 saturated carbocycles. The highest BCUT2D eigenvalue weighted by molar-refractivity contribution is 7.89. The number of halogens is 1. The predicted octanol–water partition coefficient (Wildman–Crippen LogP) is 1.36. The van der Waals surface area contributed by atoms with Crippen LogP contribution in [0.2, 0.25) is 5.02 Å². The summed E-state index contributed by atoms with van der Waals surface area (Å²) in [5.41, 5.74) is 0.0235. The van der Waals surface area contributed by atoms with E-state index < -0.39 is 16.0 Å². The number of benzene rings is 1. The van der Waals surface area contributed by atoms with Crippen LogP contribution < -0.4 is 4.72 Å². The fourth-order valence-electron chi connectivity index (χ4n) is 1.62. The molecule has 0 radical (unpaired) electrons. The Kier molecular flexibility index (Phi) is 6.60. The summed E-state index contributed by atoms with van der Waals surface area (Å²) in [4.78, 5) is 13.5. The Hall–Kier alpha value is -1.15. The van der Waals surface area contributed by atoms with Crippen molar-refractivity contribution in [1.82, 2.24) is 9.62 Å². The van der Waals surface area contributed by atoms with E-state index in [1.165, 1.54) is 25.3 Å². The van der Waals surface area contributed by atoms with Gasteiger partial charge in [0.1, 0.15) is 0 Å². The SMILES string of the molecule is COC(=O)c1cc(S(=O)(=O)NCCCN(C)C)ccc1Cl. The number of nitrogens with one attached hydrogen (secondary N) is 1. The van der Waals surface area contributed by atoms with Crippen LogP contribution in [0.4, 0.5) is 0 Å². The normalized spacial score (nSPS) is 11.7. The molecule has 0 aromatic heterocycles. The highest BCUT2D eigenvalue weighted by Gasteiger charge is 2.18. The molecule has 6 nitrogen and oxygen atoms in total. The second-order valence-electron chi connectivity index (χ2n) is 4.69. The molecule has 0 atom stereocenters. The average molecular weight is 335 g/mol. The minimum atomic E-state index is -3.67. The van der Waals surface area contributed by atoms with Gasteiger partial charge in [0.15, 0.2) is 0 Å². The molecule has 0 bridgehead atoms. The van der Waals surface area contributed by atoms with Gasteiger partial charge < -0.3 is 9.64 Å². The summed E-state index contributed by atoms with van der Waals surface area (Å²) in [5, 5.41) is 0.147. The lowest BCUT2D eigenvalue weighted by atomic mass is 10.2. The Balaban J connectivity index is 2.86. The zero-order valence-electron chi connectivity index (χ0n) is 12.2. The van der Waals surface area contributed by atoms with E-state index in [4.69, 9.17) is 11.6 Å². The number of sulfonamides is 1. The van der Waals surface area contributed by atoms with Crippen molar-refractivity contribution >= 4 is 27.6 Å². The number of hydrogen-bond donors (Lipinski definition) is 1. The third-order valence-corrected chi connectivity index (χ3v) is 4.52. The molecule has 1 rings (SSSR count). The van der Waals surface area contributed by atoms with Gasteiger partial charge in [0.2, 0.25) is 10.0 Å². The third-order valence-electron chi connectivity index (χ3n) is 2.73. The summed E-state index contributed by atoms with van der Waals surface area (Å²) in [6.45, 7) is 1.09. The van der Waals surface area contributed by atoms with E-state index in [0.29, 0.717) is 13.0 Å². The van der Waals surface area contributed by atoms with E-state index in [0.717, 1.165) is 6.54 Å². The van der Waals surface area contributed by atoms with E-state index in [9.17, 15) is 13.2 Å². The smallest absolute Gasteiger partial charge is 0.339 e. The summed E-state index contributed by atoms with van der Waals surface area (Å²) >= 11 is 5.86. The van der Waals surface area contributed by atoms with Crippen LogP contribution in [0, 0.1) is 0 Å². The van der Waals surface area contributed by atoms with Crippen LogP contribution in [0.5, 0.6) is 0 Å². The van der Waals surface area contributed by atoms with Gasteiger partial charge in [0.25, 0.3) is 0 Å². The molecule has 0 saturated heterocycles. The zero-order chi connectivity index (χ0) is 16.0. The molecule has 0 aliphatic carbocycles. The molecule has 0 aliphatic rings. The number of carbonyl (C=O) groups excluding carboxylic acids is 1. The molecule has 0 heterocycles. The number of rotatable bonds is 7. The van der Waals surface area contributed by atoms with E-state index >= 15 is 0 Å². The number of methoxy groups -OCH3 is 1. The van der Waals surface area contributed by atoms with Crippen molar-refractivity contribution in [3.63, 3.8) is 0 Å². The Morgan fingerprint density at radius 2 is 2.05 bits per heavy atom. The molecule has 8 heteroatoms. The first-order valence-electron chi connectivity index (χ1n) is 6.30. The molecular formula is C13H19ClN2O4S. The Labute approximate surface area is 130 Å². The zero-order valence-corrected chi connectivity index (χ0v) is 13.8. The van der Waals surface area contributed by atoms with Gasteiger partial charge in [-0.15, -0.1) is 0 Å². The van der Waals surface area contributed by atoms with Gasteiger partial charge in [-0.05, 0) is 45.3 Å². The van der Waals surface area contributed by atoms with Gasteiger partial charge in [0.05, 0.1) is 22.6 Å². The molecule has 1 N–H and O–H groups in total. The largest absolute Gasteiger partial charge is 0.465 e. The molecule has 0 aliphatic heterocycles. The highest BCUT2D eigenvalue weighted by atomic mass is 35.5. The molecule has 0 fully saturated rings. The first-order valence-corrected chi connectivity index (χ1v) is 8.16. The van der Waals surface area contributed by atoms with Crippen LogP contribution in [0.3, 0.4) is 0 Å². The van der Waals surface area contributed by atoms with E-state index in [1.54, 1.807) is 0 Å². The van der Waals surface area contributed by atoms with Crippen LogP contribution >= 0.6 is 11.6 Å². The van der Waals surface area contributed by atoms with Crippen molar-refractivity contribution in [2.75, 3.05) is 34.3 Å². The Morgan fingerprint density at radius 1 is 1.38 bits per heavy atom. The van der Waals surface area contributed by atoms with Crippen molar-refractivity contribution in [3.05, 3.63) is 28.8 Å². The van der Waals surface area contributed by atoms with E-state index in [1.807, 2.05) is 19.0 Å². The number of nitrogens with zero attached hydrogens (tertiary/aromatic N) is 1. The van der Waals surface area contributed by atoms with Crippen LogP contribution in [-0.2, 0) is 14.8 Å². The van der Waals surface area contributed by atoms with Crippen LogP contribution in [0.1, 0.15) is 16.8 Å². The summed E-state index contributed by atoms with van der Waals surface area (Å²) < 4.78 is 31.3. The second kappa shape index (κ2) is 7.74. The first kappa shape index (κ1) is 17.9. The standard InChI is InChI=1S/C13H19ClN2O4S/c1-16(2)8-4-7-15-21(18,19)10-5-6-12(14)11(9-10)13(17)20-3/h5-6,9,15H,4,7-8H2,1-3H3. The van der Waals surface area contributed by atoms with Crippen LogP contribution in [0.25, 0.3) is 0 Å². The van der Waals surface area contributed by atoms with Gasteiger partial charge >= 0.3 is 5.97 Å². The van der Waals surface area contributed by atoms with E-state index in [-0.39, 0.29) is 15.5 Å². The molecule has 118 valence electrons. The molecule has 1 aromatic rings. The van der Waals surface area contributed by atoms with E-state index in [2.05, 4.69) is 9.46 Å². The first-order chi connectivity index (χ1) is 9.77. The predicted molar refractivity (Wildman–Crippen MR) is 81.2 cm³/mol. The molecule has 0 spiro atoms. The fraction of sp³-hybridized carbons (Fsp3) is 0.462. The summed E-state index contributed by atoms with van der Waals surface area (Å²) in [7, 11) is 1.36. The lowest BCUT2D eigenvalue weighted by Gasteiger charge is -2.11. The quantitative estimate of drug-likeness (QED) is 0.602. The number of ether oxygens (including phenoxy) is 1. The molecule has 1 aromatic carbocycles. The topological polar surface area (TPSA) is 75.7 Å². The molecule has 0 amide bonds. The summed E-state index contributed by atoms with van der Waals surface area (Å²) in [6, 6.07) is 3.92. The maximum atomic E-state index is 12.1. The third kappa shape index (κ3) is 5.28. The average Bonchev–Trinajstić information content (AvgIpc) is 2.43.